The quantitative estimate of drug-likeness (QED) is 0.713. The largest absolute Gasteiger partial charge is 0.373 e. The highest BCUT2D eigenvalue weighted by Crippen LogP contribution is 2.09. The molecule has 0 heterocycles. The molecule has 0 aromatic heterocycles. The van der Waals surface area contributed by atoms with Crippen molar-refractivity contribution in [1.29, 1.82) is 0 Å². The van der Waals surface area contributed by atoms with Crippen molar-refractivity contribution >= 4 is 6.15 Å². The van der Waals surface area contributed by atoms with E-state index in [2.05, 4.69) is 0 Å². The minimum absolute atomic E-state index is 0.0873. The summed E-state index contributed by atoms with van der Waals surface area (Å²) in [5.41, 5.74) is 6.35. The first kappa shape index (κ1) is 11.5. The van der Waals surface area contributed by atoms with Crippen LogP contribution in [-0.2, 0) is 9.59 Å². The monoisotopic (exact) mass is 183 g/mol. The van der Waals surface area contributed by atoms with Gasteiger partial charge in [-0.05, 0) is 24.6 Å². The van der Waals surface area contributed by atoms with Crippen LogP contribution in [0.4, 0.5) is 4.39 Å². The molecule has 0 aliphatic rings. The van der Waals surface area contributed by atoms with Crippen molar-refractivity contribution in [2.24, 2.45) is 5.73 Å². The van der Waals surface area contributed by atoms with Crippen LogP contribution in [0.2, 0.25) is 0 Å². The molecule has 0 spiro atoms. The van der Waals surface area contributed by atoms with E-state index in [1.54, 1.807) is 6.07 Å². The Balaban J connectivity index is 0.000000424. The van der Waals surface area contributed by atoms with Gasteiger partial charge in [-0.25, -0.2) is 4.39 Å². The van der Waals surface area contributed by atoms with Gasteiger partial charge in [0.15, 0.2) is 0 Å². The summed E-state index contributed by atoms with van der Waals surface area (Å²) in [5, 5.41) is 0. The summed E-state index contributed by atoms with van der Waals surface area (Å²) >= 11 is 0. The highest BCUT2D eigenvalue weighted by molar-refractivity contribution is 5.20. The van der Waals surface area contributed by atoms with Crippen LogP contribution in [0.15, 0.2) is 24.3 Å². The predicted molar refractivity (Wildman–Crippen MR) is 44.0 cm³/mol. The summed E-state index contributed by atoms with van der Waals surface area (Å²) in [7, 11) is 0. The highest BCUT2D eigenvalue weighted by Gasteiger charge is 1.98. The Morgan fingerprint density at radius 3 is 2.31 bits per heavy atom. The van der Waals surface area contributed by atoms with Gasteiger partial charge in [0.2, 0.25) is 0 Å². The molecular weight excluding hydrogens is 173 g/mol. The second-order valence-corrected chi connectivity index (χ2v) is 2.43. The third-order valence-electron chi connectivity index (χ3n) is 1.37. The van der Waals surface area contributed by atoms with Gasteiger partial charge >= 0.3 is 6.15 Å². The predicted octanol–water partition coefficient (Wildman–Crippen LogP) is 1.26. The van der Waals surface area contributed by atoms with E-state index >= 15 is 0 Å². The molecule has 0 aliphatic carbocycles. The second kappa shape index (κ2) is 6.06. The fourth-order valence-electron chi connectivity index (χ4n) is 0.790. The van der Waals surface area contributed by atoms with E-state index in [1.807, 2.05) is 13.0 Å². The summed E-state index contributed by atoms with van der Waals surface area (Å²) in [6, 6.07) is 6.24. The van der Waals surface area contributed by atoms with Gasteiger partial charge in [-0.3, -0.25) is 0 Å². The van der Waals surface area contributed by atoms with E-state index in [4.69, 9.17) is 15.3 Å². The van der Waals surface area contributed by atoms with E-state index in [0.29, 0.717) is 0 Å². The Morgan fingerprint density at radius 1 is 1.46 bits per heavy atom. The molecule has 13 heavy (non-hydrogen) atoms. The maximum absolute atomic E-state index is 12.5. The molecule has 1 atom stereocenters. The normalized spacial score (nSPS) is 10.7. The van der Waals surface area contributed by atoms with Gasteiger partial charge in [0.05, 0.1) is 0 Å². The number of halogens is 1. The maximum Gasteiger partial charge on any atom is 0.373 e. The molecule has 0 aliphatic heterocycles. The molecule has 70 valence electrons. The Bertz CT molecular complexity index is 293. The summed E-state index contributed by atoms with van der Waals surface area (Å²) in [6.07, 6.45) is 0.250. The molecule has 3 nitrogen and oxygen atoms in total. The molecule has 0 amide bonds. The van der Waals surface area contributed by atoms with Crippen LogP contribution in [0.1, 0.15) is 18.5 Å². The standard InChI is InChI=1S/C8H10FN.CO2/c1-6(10)7-3-2-4-8(9)5-7;2-1-3/h2-6H,10H2,1H3;. The van der Waals surface area contributed by atoms with Crippen LogP contribution in [-0.4, -0.2) is 6.15 Å². The van der Waals surface area contributed by atoms with Crippen LogP contribution in [0, 0.1) is 5.82 Å². The molecule has 0 saturated heterocycles. The topological polar surface area (TPSA) is 60.2 Å². The van der Waals surface area contributed by atoms with Gasteiger partial charge in [0.25, 0.3) is 0 Å². The van der Waals surface area contributed by atoms with Crippen molar-refractivity contribution in [3.05, 3.63) is 35.6 Å². The molecular formula is C9H10FNO2. The van der Waals surface area contributed by atoms with Crippen LogP contribution in [0.3, 0.4) is 0 Å². The molecule has 4 heteroatoms. The van der Waals surface area contributed by atoms with Crippen LogP contribution >= 0.6 is 0 Å². The zero-order valence-electron chi connectivity index (χ0n) is 7.16. The van der Waals surface area contributed by atoms with Crippen molar-refractivity contribution in [1.82, 2.24) is 0 Å². The number of hydrogen-bond acceptors (Lipinski definition) is 3. The van der Waals surface area contributed by atoms with Gasteiger partial charge in [-0.1, -0.05) is 12.1 Å². The average molecular weight is 183 g/mol. The lowest BCUT2D eigenvalue weighted by atomic mass is 10.1. The van der Waals surface area contributed by atoms with Crippen LogP contribution in [0.5, 0.6) is 0 Å². The van der Waals surface area contributed by atoms with Gasteiger partial charge in [-0.15, -0.1) is 0 Å². The van der Waals surface area contributed by atoms with E-state index in [-0.39, 0.29) is 18.0 Å². The van der Waals surface area contributed by atoms with E-state index in [9.17, 15) is 4.39 Å². The maximum atomic E-state index is 12.5. The van der Waals surface area contributed by atoms with Gasteiger partial charge < -0.3 is 5.73 Å². The van der Waals surface area contributed by atoms with Crippen molar-refractivity contribution in [3.8, 4) is 0 Å². The summed E-state index contributed by atoms with van der Waals surface area (Å²) in [4.78, 5) is 16.2. The molecule has 1 aromatic carbocycles. The SMILES string of the molecule is CC(N)c1cccc(F)c1.O=C=O. The summed E-state index contributed by atoms with van der Waals surface area (Å²) < 4.78 is 12.5. The van der Waals surface area contributed by atoms with E-state index < -0.39 is 0 Å². The zero-order valence-corrected chi connectivity index (χ0v) is 7.16. The minimum atomic E-state index is -0.227. The summed E-state index contributed by atoms with van der Waals surface area (Å²) in [5.74, 6) is -0.227. The minimum Gasteiger partial charge on any atom is -0.324 e. The Kier molecular flexibility index (Phi) is 5.35. The first-order chi connectivity index (χ1) is 6.11. The highest BCUT2D eigenvalue weighted by atomic mass is 19.1. The lowest BCUT2D eigenvalue weighted by Crippen LogP contribution is -2.04. The summed E-state index contributed by atoms with van der Waals surface area (Å²) in [6.45, 7) is 1.83. The molecule has 0 bridgehead atoms. The second-order valence-electron chi connectivity index (χ2n) is 2.43. The molecule has 2 N–H and O–H groups in total. The van der Waals surface area contributed by atoms with Gasteiger partial charge in [0.1, 0.15) is 5.82 Å². The molecule has 1 aromatic rings. The number of rotatable bonds is 1. The first-order valence-corrected chi connectivity index (χ1v) is 3.62. The van der Waals surface area contributed by atoms with Crippen molar-refractivity contribution in [2.45, 2.75) is 13.0 Å². The van der Waals surface area contributed by atoms with Crippen molar-refractivity contribution in [3.63, 3.8) is 0 Å². The number of nitrogens with two attached hydrogens (primary N) is 1. The Morgan fingerprint density at radius 2 is 2.00 bits per heavy atom. The number of hydrogen-bond donors (Lipinski definition) is 1. The van der Waals surface area contributed by atoms with Crippen molar-refractivity contribution in [2.75, 3.05) is 0 Å². The first-order valence-electron chi connectivity index (χ1n) is 3.62. The number of benzene rings is 1. The molecule has 0 fully saturated rings. The zero-order chi connectivity index (χ0) is 10.3. The molecule has 0 radical (unpaired) electrons. The van der Waals surface area contributed by atoms with Gasteiger partial charge in [-0.2, -0.15) is 9.59 Å². The van der Waals surface area contributed by atoms with Gasteiger partial charge in [0, 0.05) is 6.04 Å². The van der Waals surface area contributed by atoms with Crippen LogP contribution in [0.25, 0.3) is 0 Å². The lowest BCUT2D eigenvalue weighted by Gasteiger charge is -2.03. The fourth-order valence-corrected chi connectivity index (χ4v) is 0.790. The van der Waals surface area contributed by atoms with Crippen molar-refractivity contribution < 1.29 is 14.0 Å². The lowest BCUT2D eigenvalue weighted by molar-refractivity contribution is -0.191. The average Bonchev–Trinajstić information content (AvgIpc) is 2.05. The third kappa shape index (κ3) is 4.85. The Labute approximate surface area is 75.4 Å². The van der Waals surface area contributed by atoms with E-state index in [0.717, 1.165) is 5.56 Å². The molecule has 1 unspecified atom stereocenters. The van der Waals surface area contributed by atoms with Crippen LogP contribution < -0.4 is 5.73 Å². The number of carbonyl (C=O) groups excluding carboxylic acids is 2. The molecule has 0 saturated carbocycles. The third-order valence-corrected chi connectivity index (χ3v) is 1.37. The Hall–Kier alpha value is -1.51. The molecule has 1 rings (SSSR count). The smallest absolute Gasteiger partial charge is 0.324 e. The van der Waals surface area contributed by atoms with E-state index in [1.165, 1.54) is 12.1 Å². The fraction of sp³-hybridized carbons (Fsp3) is 0.222.